The van der Waals surface area contributed by atoms with E-state index < -0.39 is 0 Å². The molecule has 35 heavy (non-hydrogen) atoms. The first-order valence-electron chi connectivity index (χ1n) is 12.5. The number of oxime groups is 1. The van der Waals surface area contributed by atoms with Crippen LogP contribution in [0.2, 0.25) is 0 Å². The van der Waals surface area contributed by atoms with Gasteiger partial charge in [0.25, 0.3) is 0 Å². The van der Waals surface area contributed by atoms with E-state index in [4.69, 9.17) is 14.8 Å². The molecular weight excluding hydrogens is 434 g/mol. The van der Waals surface area contributed by atoms with E-state index in [-0.39, 0.29) is 0 Å². The van der Waals surface area contributed by atoms with Crippen molar-refractivity contribution in [3.63, 3.8) is 0 Å². The Kier molecular flexibility index (Phi) is 6.91. The molecule has 0 atom stereocenters. The van der Waals surface area contributed by atoms with Gasteiger partial charge in [0.2, 0.25) is 0 Å². The third-order valence-electron chi connectivity index (χ3n) is 6.57. The molecule has 0 N–H and O–H groups in total. The van der Waals surface area contributed by atoms with Crippen molar-refractivity contribution >= 4 is 17.4 Å². The maximum Gasteiger partial charge on any atom is 0.160 e. The highest BCUT2D eigenvalue weighted by molar-refractivity contribution is 5.79. The standard InChI is InChI=1S/C29H33N5O/c1-4-27-32-28-21(2)15-22(3)31-29(28)34(27)20-25-11-8-12-26(17-25)35-30-18-23-9-7-10-24(16-23)19-33-13-5-6-14-33/h7-12,15-18H,4-6,13-14,19-20H2,1-3H3. The molecule has 6 heteroatoms. The first-order chi connectivity index (χ1) is 17.1. The monoisotopic (exact) mass is 467 g/mol. The molecule has 180 valence electrons. The van der Waals surface area contributed by atoms with E-state index in [0.29, 0.717) is 6.54 Å². The third kappa shape index (κ3) is 5.43. The Labute approximate surface area is 207 Å². The fourth-order valence-electron chi connectivity index (χ4n) is 4.89. The number of likely N-dealkylation sites (tertiary alicyclic amines) is 1. The van der Waals surface area contributed by atoms with Crippen LogP contribution in [0, 0.1) is 13.8 Å². The molecule has 0 aliphatic carbocycles. The zero-order valence-electron chi connectivity index (χ0n) is 20.9. The van der Waals surface area contributed by atoms with Gasteiger partial charge in [-0.15, -0.1) is 0 Å². The molecule has 0 bridgehead atoms. The summed E-state index contributed by atoms with van der Waals surface area (Å²) in [5.74, 6) is 1.76. The third-order valence-corrected chi connectivity index (χ3v) is 6.57. The number of hydrogen-bond acceptors (Lipinski definition) is 5. The summed E-state index contributed by atoms with van der Waals surface area (Å²) in [6.07, 6.45) is 5.25. The van der Waals surface area contributed by atoms with Crippen LogP contribution in [0.15, 0.2) is 59.8 Å². The molecule has 3 heterocycles. The summed E-state index contributed by atoms with van der Waals surface area (Å²) in [7, 11) is 0. The SMILES string of the molecule is CCc1nc2c(C)cc(C)nc2n1Cc1cccc(ON=Cc2cccc(CN3CCCC3)c2)c1. The summed E-state index contributed by atoms with van der Waals surface area (Å²) in [6, 6.07) is 18.7. The Morgan fingerprint density at radius 2 is 1.71 bits per heavy atom. The lowest BCUT2D eigenvalue weighted by molar-refractivity contribution is 0.331. The van der Waals surface area contributed by atoms with Crippen LogP contribution < -0.4 is 4.84 Å². The van der Waals surface area contributed by atoms with Crippen LogP contribution >= 0.6 is 0 Å². The van der Waals surface area contributed by atoms with Crippen molar-refractivity contribution in [3.8, 4) is 5.75 Å². The second-order valence-electron chi connectivity index (χ2n) is 9.42. The summed E-state index contributed by atoms with van der Waals surface area (Å²) in [5, 5.41) is 4.26. The Balaban J connectivity index is 1.29. The number of aromatic nitrogens is 3. The number of rotatable bonds is 8. The Morgan fingerprint density at radius 1 is 0.943 bits per heavy atom. The quantitative estimate of drug-likeness (QED) is 0.248. The van der Waals surface area contributed by atoms with Gasteiger partial charge in [0.15, 0.2) is 11.4 Å². The van der Waals surface area contributed by atoms with Crippen LogP contribution in [0.4, 0.5) is 0 Å². The van der Waals surface area contributed by atoms with Gasteiger partial charge in [-0.2, -0.15) is 0 Å². The zero-order chi connectivity index (χ0) is 24.2. The second kappa shape index (κ2) is 10.4. The van der Waals surface area contributed by atoms with Crippen molar-refractivity contribution in [2.45, 2.75) is 53.1 Å². The largest absolute Gasteiger partial charge is 0.357 e. The van der Waals surface area contributed by atoms with E-state index in [1.54, 1.807) is 6.21 Å². The van der Waals surface area contributed by atoms with Crippen LogP contribution in [-0.2, 0) is 19.5 Å². The van der Waals surface area contributed by atoms with Gasteiger partial charge >= 0.3 is 0 Å². The van der Waals surface area contributed by atoms with Crippen molar-refractivity contribution in [2.75, 3.05) is 13.1 Å². The summed E-state index contributed by atoms with van der Waals surface area (Å²) in [6.45, 7) is 10.3. The smallest absolute Gasteiger partial charge is 0.160 e. The number of benzene rings is 2. The number of pyridine rings is 1. The number of aryl methyl sites for hydroxylation is 3. The Hall–Kier alpha value is -3.51. The van der Waals surface area contributed by atoms with Crippen LogP contribution in [0.25, 0.3) is 11.2 Å². The lowest BCUT2D eigenvalue weighted by Gasteiger charge is -2.14. The molecule has 6 nitrogen and oxygen atoms in total. The second-order valence-corrected chi connectivity index (χ2v) is 9.42. The maximum atomic E-state index is 5.74. The molecule has 1 saturated heterocycles. The zero-order valence-corrected chi connectivity index (χ0v) is 20.9. The van der Waals surface area contributed by atoms with E-state index in [1.807, 2.05) is 25.1 Å². The minimum absolute atomic E-state index is 0.690. The maximum absolute atomic E-state index is 5.74. The Morgan fingerprint density at radius 3 is 2.51 bits per heavy atom. The van der Waals surface area contributed by atoms with Crippen molar-refractivity contribution in [1.29, 1.82) is 0 Å². The molecule has 2 aromatic heterocycles. The molecule has 4 aromatic rings. The van der Waals surface area contributed by atoms with Gasteiger partial charge in [0.1, 0.15) is 11.3 Å². The highest BCUT2D eigenvalue weighted by Gasteiger charge is 2.14. The van der Waals surface area contributed by atoms with Crippen molar-refractivity contribution in [3.05, 3.63) is 88.4 Å². The molecule has 0 amide bonds. The van der Waals surface area contributed by atoms with E-state index >= 15 is 0 Å². The van der Waals surface area contributed by atoms with Crippen molar-refractivity contribution < 1.29 is 4.84 Å². The number of nitrogens with zero attached hydrogens (tertiary/aromatic N) is 5. The minimum Gasteiger partial charge on any atom is -0.357 e. The van der Waals surface area contributed by atoms with Gasteiger partial charge in [0.05, 0.1) is 12.8 Å². The molecule has 5 rings (SSSR count). The first kappa shape index (κ1) is 23.2. The van der Waals surface area contributed by atoms with Gasteiger partial charge in [-0.1, -0.05) is 42.4 Å². The highest BCUT2D eigenvalue weighted by Crippen LogP contribution is 2.22. The number of imidazole rings is 1. The molecule has 1 fully saturated rings. The van der Waals surface area contributed by atoms with E-state index in [2.05, 4.69) is 64.9 Å². The van der Waals surface area contributed by atoms with Crippen LogP contribution in [-0.4, -0.2) is 38.7 Å². The van der Waals surface area contributed by atoms with Gasteiger partial charge in [-0.25, -0.2) is 9.97 Å². The minimum atomic E-state index is 0.690. The molecule has 0 saturated carbocycles. The highest BCUT2D eigenvalue weighted by atomic mass is 16.6. The van der Waals surface area contributed by atoms with Crippen LogP contribution in [0.1, 0.15) is 53.5 Å². The molecule has 0 unspecified atom stereocenters. The van der Waals surface area contributed by atoms with Crippen molar-refractivity contribution in [1.82, 2.24) is 19.4 Å². The first-order valence-corrected chi connectivity index (χ1v) is 12.5. The van der Waals surface area contributed by atoms with E-state index in [1.165, 1.54) is 31.5 Å². The summed E-state index contributed by atoms with van der Waals surface area (Å²) < 4.78 is 2.21. The molecule has 1 aliphatic heterocycles. The Bertz CT molecular complexity index is 1350. The topological polar surface area (TPSA) is 55.5 Å². The van der Waals surface area contributed by atoms with Crippen LogP contribution in [0.3, 0.4) is 0 Å². The fourth-order valence-corrected chi connectivity index (χ4v) is 4.89. The molecule has 1 aliphatic rings. The number of hydrogen-bond donors (Lipinski definition) is 0. The average Bonchev–Trinajstić information content (AvgIpc) is 3.48. The molecular formula is C29H33N5O. The predicted octanol–water partition coefficient (Wildman–Crippen LogP) is 5.67. The average molecular weight is 468 g/mol. The van der Waals surface area contributed by atoms with Crippen molar-refractivity contribution in [2.24, 2.45) is 5.16 Å². The summed E-state index contributed by atoms with van der Waals surface area (Å²) in [5.41, 5.74) is 7.59. The van der Waals surface area contributed by atoms with E-state index in [9.17, 15) is 0 Å². The fraction of sp³-hybridized carbons (Fsp3) is 0.345. The van der Waals surface area contributed by atoms with Crippen LogP contribution in [0.5, 0.6) is 5.75 Å². The number of fused-ring (bicyclic) bond motifs is 1. The predicted molar refractivity (Wildman–Crippen MR) is 141 cm³/mol. The lowest BCUT2D eigenvalue weighted by atomic mass is 10.1. The summed E-state index contributed by atoms with van der Waals surface area (Å²) >= 11 is 0. The molecule has 0 radical (unpaired) electrons. The van der Waals surface area contributed by atoms with Gasteiger partial charge in [-0.05, 0) is 86.3 Å². The van der Waals surface area contributed by atoms with Gasteiger partial charge < -0.3 is 9.40 Å². The van der Waals surface area contributed by atoms with E-state index in [0.717, 1.165) is 58.1 Å². The molecule has 0 spiro atoms. The summed E-state index contributed by atoms with van der Waals surface area (Å²) in [4.78, 5) is 17.9. The lowest BCUT2D eigenvalue weighted by Crippen LogP contribution is -2.18. The normalized spacial score (nSPS) is 14.4. The molecule has 2 aromatic carbocycles. The van der Waals surface area contributed by atoms with Gasteiger partial charge in [0, 0.05) is 18.7 Å². The van der Waals surface area contributed by atoms with Gasteiger partial charge in [-0.3, -0.25) is 4.90 Å².